The van der Waals surface area contributed by atoms with Gasteiger partial charge in [-0.3, -0.25) is 4.79 Å². The standard InChI is InChI=1S/C23H38O4.Na.H/c1-2-3-4-5-6-7-8-9-10-11-12-13-14-15-16-17-21(24)20-18-19-27-22(20)23(25)26;;/h18-19H,2-17H2,1H3,(H,25,26);;/q;+1;-1. The molecular formula is C23H39NaO4. The average molecular weight is 403 g/mol. The van der Waals surface area contributed by atoms with Gasteiger partial charge in [-0.25, -0.2) is 4.79 Å². The van der Waals surface area contributed by atoms with Crippen LogP contribution in [0, 0.1) is 0 Å². The van der Waals surface area contributed by atoms with E-state index in [2.05, 4.69) is 6.92 Å². The predicted molar refractivity (Wildman–Crippen MR) is 111 cm³/mol. The van der Waals surface area contributed by atoms with E-state index in [9.17, 15) is 9.59 Å². The molecule has 0 unspecified atom stereocenters. The van der Waals surface area contributed by atoms with E-state index in [1.54, 1.807) is 0 Å². The van der Waals surface area contributed by atoms with Crippen LogP contribution in [0.15, 0.2) is 16.7 Å². The molecule has 156 valence electrons. The predicted octanol–water partition coefficient (Wildman–Crippen LogP) is 4.54. The van der Waals surface area contributed by atoms with E-state index in [4.69, 9.17) is 9.52 Å². The van der Waals surface area contributed by atoms with Crippen molar-refractivity contribution in [3.8, 4) is 0 Å². The summed E-state index contributed by atoms with van der Waals surface area (Å²) in [4.78, 5) is 23.0. The van der Waals surface area contributed by atoms with Crippen LogP contribution in [0.25, 0.3) is 0 Å². The van der Waals surface area contributed by atoms with E-state index >= 15 is 0 Å². The summed E-state index contributed by atoms with van der Waals surface area (Å²) in [5, 5.41) is 8.96. The molecule has 0 bridgehead atoms. The van der Waals surface area contributed by atoms with Gasteiger partial charge >= 0.3 is 35.5 Å². The molecule has 0 radical (unpaired) electrons. The Kier molecular flexibility index (Phi) is 18.1. The van der Waals surface area contributed by atoms with E-state index in [-0.39, 0.29) is 48.1 Å². The molecule has 0 aliphatic heterocycles. The molecule has 0 saturated carbocycles. The maximum absolute atomic E-state index is 12.0. The Morgan fingerprint density at radius 1 is 0.821 bits per heavy atom. The number of aromatic carboxylic acids is 1. The number of hydrogen-bond acceptors (Lipinski definition) is 3. The molecule has 0 aromatic carbocycles. The van der Waals surface area contributed by atoms with E-state index in [0.717, 1.165) is 19.3 Å². The zero-order valence-electron chi connectivity index (χ0n) is 19.1. The number of carbonyl (C=O) groups is 2. The van der Waals surface area contributed by atoms with Gasteiger partial charge in [0.1, 0.15) is 0 Å². The molecule has 0 fully saturated rings. The van der Waals surface area contributed by atoms with Crippen LogP contribution >= 0.6 is 0 Å². The zero-order valence-corrected chi connectivity index (χ0v) is 20.1. The number of rotatable bonds is 18. The minimum absolute atomic E-state index is 0. The SMILES string of the molecule is CCCCCCCCCCCCCCCCCC(=O)c1ccoc1C(=O)O.[H-].[Na+]. The second kappa shape index (κ2) is 18.4. The number of ketones is 1. The molecule has 0 atom stereocenters. The van der Waals surface area contributed by atoms with Gasteiger partial charge in [-0.15, -0.1) is 0 Å². The topological polar surface area (TPSA) is 67.5 Å². The number of carboxylic acids is 1. The molecule has 5 heteroatoms. The molecule has 1 aromatic heterocycles. The van der Waals surface area contributed by atoms with Gasteiger partial charge in [0.25, 0.3) is 0 Å². The summed E-state index contributed by atoms with van der Waals surface area (Å²) < 4.78 is 4.86. The van der Waals surface area contributed by atoms with Gasteiger partial charge in [-0.2, -0.15) is 0 Å². The maximum Gasteiger partial charge on any atom is 1.00 e. The number of unbranched alkanes of at least 4 members (excludes halogenated alkanes) is 14. The number of carboxylic acid groups (broad SMARTS) is 1. The van der Waals surface area contributed by atoms with E-state index in [1.807, 2.05) is 0 Å². The molecule has 0 saturated heterocycles. The third kappa shape index (κ3) is 12.8. The van der Waals surface area contributed by atoms with E-state index in [0.29, 0.717) is 6.42 Å². The summed E-state index contributed by atoms with van der Waals surface area (Å²) in [6, 6.07) is 1.46. The largest absolute Gasteiger partial charge is 1.00 e. The van der Waals surface area contributed by atoms with Gasteiger partial charge in [0.05, 0.1) is 11.8 Å². The second-order valence-corrected chi connectivity index (χ2v) is 7.59. The number of carbonyl (C=O) groups excluding carboxylic acids is 1. The number of furan rings is 1. The molecule has 28 heavy (non-hydrogen) atoms. The smallest absolute Gasteiger partial charge is 1.00 e. The Balaban J connectivity index is 0. The summed E-state index contributed by atoms with van der Waals surface area (Å²) in [7, 11) is 0. The molecule has 1 rings (SSSR count). The fourth-order valence-corrected chi connectivity index (χ4v) is 3.49. The molecule has 0 aliphatic rings. The van der Waals surface area contributed by atoms with Gasteiger partial charge in [0, 0.05) is 6.42 Å². The Morgan fingerprint density at radius 3 is 1.68 bits per heavy atom. The summed E-state index contributed by atoms with van der Waals surface area (Å²) in [6.07, 6.45) is 21.0. The van der Waals surface area contributed by atoms with Gasteiger partial charge in [0.2, 0.25) is 5.76 Å². The van der Waals surface area contributed by atoms with Gasteiger partial charge < -0.3 is 11.0 Å². The van der Waals surface area contributed by atoms with Crippen LogP contribution in [-0.4, -0.2) is 16.9 Å². The van der Waals surface area contributed by atoms with Crippen LogP contribution in [0.5, 0.6) is 0 Å². The molecule has 1 aromatic rings. The third-order valence-electron chi connectivity index (χ3n) is 5.17. The van der Waals surface area contributed by atoms with Gasteiger partial charge in [0.15, 0.2) is 5.78 Å². The molecule has 0 aliphatic carbocycles. The Labute approximate surface area is 194 Å². The van der Waals surface area contributed by atoms with Crippen molar-refractivity contribution in [3.63, 3.8) is 0 Å². The Hall–Kier alpha value is -0.580. The molecule has 4 nitrogen and oxygen atoms in total. The Morgan fingerprint density at radius 2 is 1.25 bits per heavy atom. The second-order valence-electron chi connectivity index (χ2n) is 7.59. The van der Waals surface area contributed by atoms with Crippen LogP contribution in [-0.2, 0) is 0 Å². The van der Waals surface area contributed by atoms with Crippen LogP contribution in [0.1, 0.15) is 132 Å². The number of Topliss-reactive ketones (excluding diaryl/α,β-unsaturated/α-hetero) is 1. The van der Waals surface area contributed by atoms with E-state index < -0.39 is 5.97 Å². The van der Waals surface area contributed by atoms with Crippen molar-refractivity contribution in [1.82, 2.24) is 0 Å². The van der Waals surface area contributed by atoms with Crippen molar-refractivity contribution in [2.75, 3.05) is 0 Å². The van der Waals surface area contributed by atoms with Crippen molar-refractivity contribution >= 4 is 11.8 Å². The van der Waals surface area contributed by atoms with Crippen molar-refractivity contribution in [3.05, 3.63) is 23.7 Å². The fourth-order valence-electron chi connectivity index (χ4n) is 3.49. The monoisotopic (exact) mass is 402 g/mol. The van der Waals surface area contributed by atoms with E-state index in [1.165, 1.54) is 89.4 Å². The van der Waals surface area contributed by atoms with Gasteiger partial charge in [-0.1, -0.05) is 96.8 Å². The van der Waals surface area contributed by atoms with Crippen LogP contribution in [0.3, 0.4) is 0 Å². The average Bonchev–Trinajstić information content (AvgIpc) is 3.15. The van der Waals surface area contributed by atoms with Crippen molar-refractivity contribution in [2.24, 2.45) is 0 Å². The van der Waals surface area contributed by atoms with Crippen molar-refractivity contribution in [2.45, 2.75) is 110 Å². The minimum atomic E-state index is -1.18. The normalized spacial score (nSPS) is 10.6. The molecule has 0 amide bonds. The number of hydrogen-bond donors (Lipinski definition) is 1. The van der Waals surface area contributed by atoms with Crippen molar-refractivity contribution < 1.29 is 50.1 Å². The first-order valence-corrected chi connectivity index (χ1v) is 11.0. The Bertz CT molecular complexity index is 531. The first-order chi connectivity index (χ1) is 13.2. The molecule has 1 N–H and O–H groups in total. The quantitative estimate of drug-likeness (QED) is 0.222. The van der Waals surface area contributed by atoms with Crippen molar-refractivity contribution in [1.29, 1.82) is 0 Å². The van der Waals surface area contributed by atoms with Crippen LogP contribution in [0.2, 0.25) is 0 Å². The van der Waals surface area contributed by atoms with Gasteiger partial charge in [-0.05, 0) is 12.5 Å². The molecule has 1 heterocycles. The first kappa shape index (κ1) is 27.4. The fraction of sp³-hybridized carbons (Fsp3) is 0.739. The molecular weight excluding hydrogens is 363 g/mol. The summed E-state index contributed by atoms with van der Waals surface area (Å²) in [5.74, 6) is -1.54. The summed E-state index contributed by atoms with van der Waals surface area (Å²) >= 11 is 0. The summed E-state index contributed by atoms with van der Waals surface area (Å²) in [6.45, 7) is 2.26. The van der Waals surface area contributed by atoms with Crippen LogP contribution in [0.4, 0.5) is 0 Å². The summed E-state index contributed by atoms with van der Waals surface area (Å²) in [5.41, 5.74) is 0.202. The molecule has 0 spiro atoms. The zero-order chi connectivity index (χ0) is 19.7. The minimum Gasteiger partial charge on any atom is -1.00 e. The van der Waals surface area contributed by atoms with Crippen LogP contribution < -0.4 is 29.6 Å². The first-order valence-electron chi connectivity index (χ1n) is 11.0. The maximum atomic E-state index is 12.0. The third-order valence-corrected chi connectivity index (χ3v) is 5.17.